The van der Waals surface area contributed by atoms with E-state index in [0.717, 1.165) is 18.2 Å². The lowest BCUT2D eigenvalue weighted by Gasteiger charge is -2.17. The van der Waals surface area contributed by atoms with Gasteiger partial charge in [0.15, 0.2) is 0 Å². The number of carbonyl (C=O) groups is 2. The smallest absolute Gasteiger partial charge is 0.235 e. The van der Waals surface area contributed by atoms with Crippen molar-refractivity contribution in [3.05, 3.63) is 0 Å². The minimum Gasteiger partial charge on any atom is -0.282 e. The van der Waals surface area contributed by atoms with Gasteiger partial charge in [-0.1, -0.05) is 29.8 Å². The Kier molecular flexibility index (Phi) is 3.70. The van der Waals surface area contributed by atoms with Crippen LogP contribution < -0.4 is 0 Å². The van der Waals surface area contributed by atoms with Crippen LogP contribution in [0, 0.1) is 5.41 Å². The van der Waals surface area contributed by atoms with Gasteiger partial charge in [0.1, 0.15) is 0 Å². The number of hydrogen-bond acceptors (Lipinski definition) is 2. The summed E-state index contributed by atoms with van der Waals surface area (Å²) in [7, 11) is 0. The maximum atomic E-state index is 11.7. The number of carbonyl (C=O) groups excluding carboxylic acids is 2. The Hall–Kier alpha value is -0.380. The highest BCUT2D eigenvalue weighted by Gasteiger charge is 2.44. The molecule has 2 amide bonds. The zero-order valence-electron chi connectivity index (χ0n) is 8.68. The minimum absolute atomic E-state index is 0.0166. The highest BCUT2D eigenvalue weighted by molar-refractivity contribution is 9.09. The Bertz CT molecular complexity index is 251. The summed E-state index contributed by atoms with van der Waals surface area (Å²) in [5, 5.41) is 0.923. The topological polar surface area (TPSA) is 37.4 Å². The molecule has 0 radical (unpaired) electrons. The summed E-state index contributed by atoms with van der Waals surface area (Å²) in [4.78, 5) is 24.6. The summed E-state index contributed by atoms with van der Waals surface area (Å²) in [6, 6.07) is 0. The molecule has 0 saturated carbocycles. The van der Waals surface area contributed by atoms with Gasteiger partial charge in [0, 0.05) is 18.3 Å². The van der Waals surface area contributed by atoms with Crippen LogP contribution in [0.3, 0.4) is 0 Å². The Morgan fingerprint density at radius 2 is 2.00 bits per heavy atom. The average molecular weight is 262 g/mol. The van der Waals surface area contributed by atoms with Crippen molar-refractivity contribution >= 4 is 27.7 Å². The van der Waals surface area contributed by atoms with Gasteiger partial charge in [0.2, 0.25) is 11.8 Å². The number of imide groups is 1. The molecule has 1 rings (SSSR count). The number of rotatable bonds is 4. The fourth-order valence-corrected chi connectivity index (χ4v) is 2.01. The van der Waals surface area contributed by atoms with E-state index in [1.165, 1.54) is 4.90 Å². The number of nitrogens with zero attached hydrogens (tertiary/aromatic N) is 1. The fraction of sp³-hybridized carbons (Fsp3) is 0.800. The molecule has 0 bridgehead atoms. The van der Waals surface area contributed by atoms with Crippen LogP contribution >= 0.6 is 15.9 Å². The second kappa shape index (κ2) is 4.43. The van der Waals surface area contributed by atoms with Gasteiger partial charge in [0.25, 0.3) is 0 Å². The summed E-state index contributed by atoms with van der Waals surface area (Å²) in [6.07, 6.45) is 2.25. The van der Waals surface area contributed by atoms with Gasteiger partial charge in [0.05, 0.1) is 5.41 Å². The number of unbranched alkanes of at least 4 members (excludes halogenated alkanes) is 1. The lowest BCUT2D eigenvalue weighted by molar-refractivity contribution is -0.140. The maximum absolute atomic E-state index is 11.7. The summed E-state index contributed by atoms with van der Waals surface area (Å²) >= 11 is 3.32. The normalized spacial score (nSPS) is 20.6. The van der Waals surface area contributed by atoms with E-state index in [2.05, 4.69) is 15.9 Å². The summed E-state index contributed by atoms with van der Waals surface area (Å²) in [5.41, 5.74) is -0.481. The molecule has 0 aromatic rings. The first-order valence-electron chi connectivity index (χ1n) is 4.90. The molecule has 1 aliphatic heterocycles. The maximum Gasteiger partial charge on any atom is 0.235 e. The molecule has 1 aliphatic rings. The zero-order valence-corrected chi connectivity index (χ0v) is 10.3. The number of amides is 2. The lowest BCUT2D eigenvalue weighted by Crippen LogP contribution is -2.33. The summed E-state index contributed by atoms with van der Waals surface area (Å²) in [6.45, 7) is 4.24. The van der Waals surface area contributed by atoms with E-state index in [1.807, 2.05) is 13.8 Å². The standard InChI is InChI=1S/C10H16BrNO2/c1-10(2)7-8(13)12(9(10)14)6-4-3-5-11/h3-7H2,1-2H3. The molecule has 80 valence electrons. The van der Waals surface area contributed by atoms with E-state index >= 15 is 0 Å². The molecule has 4 heteroatoms. The van der Waals surface area contributed by atoms with Crippen LogP contribution in [0.4, 0.5) is 0 Å². The van der Waals surface area contributed by atoms with Gasteiger partial charge in [-0.2, -0.15) is 0 Å². The predicted molar refractivity (Wildman–Crippen MR) is 58.1 cm³/mol. The van der Waals surface area contributed by atoms with E-state index in [1.54, 1.807) is 0 Å². The first-order chi connectivity index (χ1) is 6.49. The van der Waals surface area contributed by atoms with Crippen molar-refractivity contribution in [3.8, 4) is 0 Å². The van der Waals surface area contributed by atoms with Crippen molar-refractivity contribution in [1.82, 2.24) is 4.90 Å². The van der Waals surface area contributed by atoms with E-state index in [9.17, 15) is 9.59 Å². The molecule has 14 heavy (non-hydrogen) atoms. The Morgan fingerprint density at radius 1 is 1.36 bits per heavy atom. The molecule has 0 aliphatic carbocycles. The third-order valence-corrected chi connectivity index (χ3v) is 3.04. The fourth-order valence-electron chi connectivity index (χ4n) is 1.62. The molecule has 0 aromatic heterocycles. The van der Waals surface area contributed by atoms with Crippen molar-refractivity contribution in [2.24, 2.45) is 5.41 Å². The molecule has 1 saturated heterocycles. The van der Waals surface area contributed by atoms with Crippen molar-refractivity contribution < 1.29 is 9.59 Å². The van der Waals surface area contributed by atoms with Gasteiger partial charge >= 0.3 is 0 Å². The van der Waals surface area contributed by atoms with Crippen molar-refractivity contribution in [3.63, 3.8) is 0 Å². The van der Waals surface area contributed by atoms with Crippen LogP contribution in [0.5, 0.6) is 0 Å². The van der Waals surface area contributed by atoms with Crippen LogP contribution in [0.25, 0.3) is 0 Å². The van der Waals surface area contributed by atoms with E-state index in [-0.39, 0.29) is 11.8 Å². The first kappa shape index (κ1) is 11.7. The molecule has 0 N–H and O–H groups in total. The van der Waals surface area contributed by atoms with Crippen molar-refractivity contribution in [1.29, 1.82) is 0 Å². The highest BCUT2D eigenvalue weighted by atomic mass is 79.9. The number of hydrogen-bond donors (Lipinski definition) is 0. The van der Waals surface area contributed by atoms with Gasteiger partial charge in [-0.3, -0.25) is 14.5 Å². The van der Waals surface area contributed by atoms with E-state index < -0.39 is 5.41 Å². The van der Waals surface area contributed by atoms with Crippen molar-refractivity contribution in [2.75, 3.05) is 11.9 Å². The van der Waals surface area contributed by atoms with Crippen LogP contribution in [0.2, 0.25) is 0 Å². The predicted octanol–water partition coefficient (Wildman–Crippen LogP) is 1.95. The van der Waals surface area contributed by atoms with Crippen LogP contribution in [0.15, 0.2) is 0 Å². The molecule has 0 unspecified atom stereocenters. The summed E-state index contributed by atoms with van der Waals surface area (Å²) in [5.74, 6) is -0.0355. The molecule has 0 atom stereocenters. The Morgan fingerprint density at radius 3 is 2.43 bits per heavy atom. The number of likely N-dealkylation sites (tertiary alicyclic amines) is 1. The molecular weight excluding hydrogens is 246 g/mol. The largest absolute Gasteiger partial charge is 0.282 e. The third-order valence-electron chi connectivity index (χ3n) is 2.48. The monoisotopic (exact) mass is 261 g/mol. The molecule has 0 aromatic carbocycles. The van der Waals surface area contributed by atoms with Crippen LogP contribution in [-0.2, 0) is 9.59 Å². The zero-order chi connectivity index (χ0) is 10.8. The van der Waals surface area contributed by atoms with Gasteiger partial charge in [-0.25, -0.2) is 0 Å². The van der Waals surface area contributed by atoms with Gasteiger partial charge < -0.3 is 0 Å². The lowest BCUT2D eigenvalue weighted by atomic mass is 9.92. The minimum atomic E-state index is -0.481. The molecule has 0 spiro atoms. The second-order valence-corrected chi connectivity index (χ2v) is 5.10. The van der Waals surface area contributed by atoms with E-state index in [4.69, 9.17) is 0 Å². The Labute approximate surface area is 93.0 Å². The SMILES string of the molecule is CC1(C)CC(=O)N(CCCCBr)C1=O. The van der Waals surface area contributed by atoms with Crippen LogP contribution in [-0.4, -0.2) is 28.6 Å². The number of halogens is 1. The van der Waals surface area contributed by atoms with Gasteiger partial charge in [-0.05, 0) is 12.8 Å². The molecule has 1 heterocycles. The molecule has 3 nitrogen and oxygen atoms in total. The van der Waals surface area contributed by atoms with Gasteiger partial charge in [-0.15, -0.1) is 0 Å². The molecule has 1 fully saturated rings. The summed E-state index contributed by atoms with van der Waals surface area (Å²) < 4.78 is 0. The quantitative estimate of drug-likeness (QED) is 0.441. The van der Waals surface area contributed by atoms with Crippen molar-refractivity contribution in [2.45, 2.75) is 33.1 Å². The second-order valence-electron chi connectivity index (χ2n) is 4.31. The Balaban J connectivity index is 2.53. The number of alkyl halides is 1. The first-order valence-corrected chi connectivity index (χ1v) is 6.02. The third kappa shape index (κ3) is 2.35. The highest BCUT2D eigenvalue weighted by Crippen LogP contribution is 2.31. The van der Waals surface area contributed by atoms with Crippen LogP contribution in [0.1, 0.15) is 33.1 Å². The molecular formula is C10H16BrNO2. The average Bonchev–Trinajstić information content (AvgIpc) is 2.27. The van der Waals surface area contributed by atoms with E-state index in [0.29, 0.717) is 13.0 Å².